The van der Waals surface area contributed by atoms with Gasteiger partial charge in [0.1, 0.15) is 5.69 Å². The minimum Gasteiger partial charge on any atom is -0.504 e. The average molecular weight is 357 g/mol. The number of nitrogens with zero attached hydrogens (tertiary/aromatic N) is 3. The van der Waals surface area contributed by atoms with Crippen molar-refractivity contribution in [1.29, 1.82) is 0 Å². The summed E-state index contributed by atoms with van der Waals surface area (Å²) >= 11 is 1.48. The largest absolute Gasteiger partial charge is 0.504 e. The van der Waals surface area contributed by atoms with Gasteiger partial charge in [-0.1, -0.05) is 6.07 Å². The molecule has 0 aliphatic rings. The predicted octanol–water partition coefficient (Wildman–Crippen LogP) is 3.72. The lowest BCUT2D eigenvalue weighted by Gasteiger charge is -2.07. The van der Waals surface area contributed by atoms with E-state index in [0.717, 1.165) is 10.5 Å². The highest BCUT2D eigenvalue weighted by atomic mass is 32.1. The van der Waals surface area contributed by atoms with Crippen LogP contribution >= 0.6 is 11.3 Å². The van der Waals surface area contributed by atoms with Gasteiger partial charge in [-0.15, -0.1) is 11.3 Å². The van der Waals surface area contributed by atoms with Crippen LogP contribution in [0.5, 0.6) is 11.5 Å². The number of aromatic hydroxyl groups is 1. The van der Waals surface area contributed by atoms with Crippen molar-refractivity contribution >= 4 is 17.6 Å². The number of ether oxygens (including phenoxy) is 1. The van der Waals surface area contributed by atoms with E-state index in [1.807, 2.05) is 37.4 Å². The molecule has 0 aliphatic heterocycles. The van der Waals surface area contributed by atoms with E-state index in [4.69, 9.17) is 9.15 Å². The van der Waals surface area contributed by atoms with Crippen LogP contribution < -0.4 is 9.54 Å². The van der Waals surface area contributed by atoms with Gasteiger partial charge < -0.3 is 14.3 Å². The van der Waals surface area contributed by atoms with Crippen molar-refractivity contribution in [2.24, 2.45) is 10.1 Å². The van der Waals surface area contributed by atoms with Gasteiger partial charge in [0.05, 0.1) is 19.1 Å². The Morgan fingerprint density at radius 2 is 2.16 bits per heavy atom. The van der Waals surface area contributed by atoms with Gasteiger partial charge in [-0.25, -0.2) is 4.68 Å². The number of phenols is 1. The summed E-state index contributed by atoms with van der Waals surface area (Å²) in [6, 6.07) is 9.01. The highest BCUT2D eigenvalue weighted by Crippen LogP contribution is 2.28. The Bertz CT molecular complexity index is 923. The summed E-state index contributed by atoms with van der Waals surface area (Å²) in [5.41, 5.74) is 1.37. The molecule has 0 atom stereocenters. The molecule has 1 N–H and O–H groups in total. The molecule has 0 unspecified atom stereocenters. The number of hydrogen-bond acceptors (Lipinski definition) is 6. The third-order valence-corrected chi connectivity index (χ3v) is 4.25. The highest BCUT2D eigenvalue weighted by Gasteiger charge is 2.10. The second kappa shape index (κ2) is 7.85. The van der Waals surface area contributed by atoms with E-state index in [-0.39, 0.29) is 5.75 Å². The van der Waals surface area contributed by atoms with Crippen LogP contribution in [0.3, 0.4) is 0 Å². The highest BCUT2D eigenvalue weighted by molar-refractivity contribution is 7.07. The van der Waals surface area contributed by atoms with Gasteiger partial charge in [-0.05, 0) is 38.1 Å². The Hall–Kier alpha value is -2.80. The Balaban J connectivity index is 2.03. The van der Waals surface area contributed by atoms with Crippen molar-refractivity contribution in [2.75, 3.05) is 13.2 Å². The van der Waals surface area contributed by atoms with Gasteiger partial charge in [-0.2, -0.15) is 5.10 Å². The summed E-state index contributed by atoms with van der Waals surface area (Å²) in [5, 5.41) is 16.8. The van der Waals surface area contributed by atoms with Gasteiger partial charge in [0.15, 0.2) is 17.3 Å². The first-order valence-electron chi connectivity index (χ1n) is 7.98. The lowest BCUT2D eigenvalue weighted by Crippen LogP contribution is -2.12. The van der Waals surface area contributed by atoms with Crippen molar-refractivity contribution in [3.8, 4) is 23.0 Å². The molecular formula is C18H19N3O3S. The number of benzene rings is 1. The maximum absolute atomic E-state index is 10.3. The first-order chi connectivity index (χ1) is 12.2. The van der Waals surface area contributed by atoms with Crippen LogP contribution in [-0.2, 0) is 0 Å². The normalized spacial score (nSPS) is 12.2. The summed E-state index contributed by atoms with van der Waals surface area (Å²) in [4.78, 5) is 5.21. The molecule has 2 aromatic heterocycles. The van der Waals surface area contributed by atoms with Crippen LogP contribution in [0.4, 0.5) is 0 Å². The quantitative estimate of drug-likeness (QED) is 0.684. The van der Waals surface area contributed by atoms with E-state index in [1.54, 1.807) is 29.3 Å². The molecule has 130 valence electrons. The smallest absolute Gasteiger partial charge is 0.206 e. The van der Waals surface area contributed by atoms with Gasteiger partial charge in [0.2, 0.25) is 4.80 Å². The molecule has 6 nitrogen and oxygen atoms in total. The van der Waals surface area contributed by atoms with Crippen molar-refractivity contribution in [3.63, 3.8) is 0 Å². The van der Waals surface area contributed by atoms with Crippen LogP contribution in [0.25, 0.3) is 11.5 Å². The average Bonchev–Trinajstić information content (AvgIpc) is 3.26. The van der Waals surface area contributed by atoms with Crippen LogP contribution in [0, 0.1) is 0 Å². The number of para-hydroxylation sites is 1. The number of thiazole rings is 1. The Morgan fingerprint density at radius 3 is 2.88 bits per heavy atom. The molecule has 3 aromatic rings. The number of phenolic OH excluding ortho intramolecular Hbond substituents is 1. The Labute approximate surface area is 149 Å². The summed E-state index contributed by atoms with van der Waals surface area (Å²) in [6.07, 6.45) is 3.21. The zero-order chi connectivity index (χ0) is 17.6. The minimum absolute atomic E-state index is 0.0671. The topological polar surface area (TPSA) is 72.2 Å². The van der Waals surface area contributed by atoms with E-state index >= 15 is 0 Å². The SMILES string of the molecule is CCN=c1scc(-c2ccco2)n1N=Cc1cccc(OCC)c1O. The Kier molecular flexibility index (Phi) is 5.35. The Morgan fingerprint density at radius 1 is 1.28 bits per heavy atom. The summed E-state index contributed by atoms with van der Waals surface area (Å²) in [6.45, 7) is 4.97. The summed E-state index contributed by atoms with van der Waals surface area (Å²) in [5.74, 6) is 1.21. The molecule has 0 spiro atoms. The van der Waals surface area contributed by atoms with Gasteiger partial charge >= 0.3 is 0 Å². The van der Waals surface area contributed by atoms with Gasteiger partial charge in [0, 0.05) is 17.5 Å². The molecule has 2 heterocycles. The number of rotatable bonds is 6. The number of aromatic nitrogens is 1. The standard InChI is InChI=1S/C18H19N3O3S/c1-3-19-18-21(14(12-25-18)15-9-6-10-24-15)20-11-13-7-5-8-16(17(13)22)23-4-2/h5-12,22H,3-4H2,1-2H3. The molecule has 1 aromatic carbocycles. The van der Waals surface area contributed by atoms with Gasteiger partial charge in [-0.3, -0.25) is 4.99 Å². The first kappa shape index (κ1) is 17.0. The lowest BCUT2D eigenvalue weighted by atomic mass is 10.2. The summed E-state index contributed by atoms with van der Waals surface area (Å²) < 4.78 is 12.6. The molecule has 0 radical (unpaired) electrons. The molecule has 0 bridgehead atoms. The summed E-state index contributed by atoms with van der Waals surface area (Å²) in [7, 11) is 0. The van der Waals surface area contributed by atoms with Crippen molar-refractivity contribution in [3.05, 3.63) is 52.3 Å². The van der Waals surface area contributed by atoms with Crippen LogP contribution in [0.15, 0.2) is 56.5 Å². The van der Waals surface area contributed by atoms with E-state index in [1.165, 1.54) is 11.3 Å². The first-order valence-corrected chi connectivity index (χ1v) is 8.86. The second-order valence-electron chi connectivity index (χ2n) is 5.04. The lowest BCUT2D eigenvalue weighted by molar-refractivity contribution is 0.318. The van der Waals surface area contributed by atoms with Crippen LogP contribution in [-0.4, -0.2) is 29.1 Å². The van der Waals surface area contributed by atoms with E-state index in [2.05, 4.69) is 10.1 Å². The minimum atomic E-state index is 0.0671. The molecule has 0 aliphatic carbocycles. The van der Waals surface area contributed by atoms with Crippen LogP contribution in [0.2, 0.25) is 0 Å². The maximum Gasteiger partial charge on any atom is 0.206 e. The predicted molar refractivity (Wildman–Crippen MR) is 98.4 cm³/mol. The fourth-order valence-corrected chi connectivity index (χ4v) is 3.17. The number of hydrogen-bond donors (Lipinski definition) is 1. The van der Waals surface area contributed by atoms with Crippen molar-refractivity contribution in [2.45, 2.75) is 13.8 Å². The maximum atomic E-state index is 10.3. The zero-order valence-corrected chi connectivity index (χ0v) is 14.9. The van der Waals surface area contributed by atoms with Crippen LogP contribution in [0.1, 0.15) is 19.4 Å². The monoisotopic (exact) mass is 357 g/mol. The molecule has 0 fully saturated rings. The molecule has 0 amide bonds. The third-order valence-electron chi connectivity index (χ3n) is 3.39. The molecular weight excluding hydrogens is 338 g/mol. The number of furan rings is 1. The van der Waals surface area contributed by atoms with Crippen molar-refractivity contribution in [1.82, 2.24) is 4.68 Å². The van der Waals surface area contributed by atoms with Gasteiger partial charge in [0.25, 0.3) is 0 Å². The third kappa shape index (κ3) is 3.66. The van der Waals surface area contributed by atoms with E-state index in [9.17, 15) is 5.11 Å². The molecule has 0 saturated carbocycles. The van der Waals surface area contributed by atoms with Crippen molar-refractivity contribution < 1.29 is 14.3 Å². The zero-order valence-electron chi connectivity index (χ0n) is 14.0. The van der Waals surface area contributed by atoms with E-state index in [0.29, 0.717) is 30.2 Å². The molecule has 3 rings (SSSR count). The molecule has 7 heteroatoms. The fourth-order valence-electron chi connectivity index (χ4n) is 2.28. The fraction of sp³-hybridized carbons (Fsp3) is 0.222. The second-order valence-corrected chi connectivity index (χ2v) is 5.88. The van der Waals surface area contributed by atoms with E-state index < -0.39 is 0 Å². The molecule has 0 saturated heterocycles. The molecule has 25 heavy (non-hydrogen) atoms.